The molecule has 0 amide bonds. The Bertz CT molecular complexity index is 383. The maximum absolute atomic E-state index is 11.7. The van der Waals surface area contributed by atoms with E-state index in [9.17, 15) is 4.79 Å². The molecule has 1 aromatic rings. The lowest BCUT2D eigenvalue weighted by Crippen LogP contribution is -2.32. The topological polar surface area (TPSA) is 64.1 Å². The van der Waals surface area contributed by atoms with Crippen LogP contribution in [0.15, 0.2) is 18.6 Å². The number of hydrogen-bond donors (Lipinski definition) is 1. The van der Waals surface area contributed by atoms with E-state index in [4.69, 9.17) is 4.74 Å². The summed E-state index contributed by atoms with van der Waals surface area (Å²) in [5.74, 6) is 0.725. The van der Waals surface area contributed by atoms with E-state index in [2.05, 4.69) is 15.3 Å². The lowest BCUT2D eigenvalue weighted by molar-refractivity contribution is -0.149. The van der Waals surface area contributed by atoms with Gasteiger partial charge in [-0.15, -0.1) is 0 Å². The number of carbonyl (C=O) groups is 1. The SMILES string of the molecule is CCOC(=O)C1CCCC(Nc2cnccn2)C1. The van der Waals surface area contributed by atoms with Crippen molar-refractivity contribution in [2.45, 2.75) is 38.6 Å². The first-order chi connectivity index (χ1) is 8.79. The van der Waals surface area contributed by atoms with Crippen LogP contribution in [0.2, 0.25) is 0 Å². The third-order valence-electron chi connectivity index (χ3n) is 3.21. The molecule has 2 unspecified atom stereocenters. The molecular weight excluding hydrogens is 230 g/mol. The molecule has 0 radical (unpaired) electrons. The zero-order valence-corrected chi connectivity index (χ0v) is 10.6. The summed E-state index contributed by atoms with van der Waals surface area (Å²) < 4.78 is 5.09. The lowest BCUT2D eigenvalue weighted by Gasteiger charge is -2.28. The first kappa shape index (κ1) is 12.8. The summed E-state index contributed by atoms with van der Waals surface area (Å²) >= 11 is 0. The molecule has 5 heteroatoms. The lowest BCUT2D eigenvalue weighted by atomic mass is 9.86. The molecule has 0 aromatic carbocycles. The van der Waals surface area contributed by atoms with Crippen LogP contribution in [0.3, 0.4) is 0 Å². The Balaban J connectivity index is 1.89. The molecular formula is C13H19N3O2. The van der Waals surface area contributed by atoms with Gasteiger partial charge in [0.15, 0.2) is 0 Å². The summed E-state index contributed by atoms with van der Waals surface area (Å²) in [7, 11) is 0. The molecule has 1 aliphatic rings. The Labute approximate surface area is 107 Å². The summed E-state index contributed by atoms with van der Waals surface area (Å²) in [5, 5.41) is 3.33. The highest BCUT2D eigenvalue weighted by molar-refractivity contribution is 5.72. The fourth-order valence-electron chi connectivity index (χ4n) is 2.38. The first-order valence-corrected chi connectivity index (χ1v) is 6.48. The number of carbonyl (C=O) groups excluding carboxylic acids is 1. The third-order valence-corrected chi connectivity index (χ3v) is 3.21. The first-order valence-electron chi connectivity index (χ1n) is 6.48. The second-order valence-corrected chi connectivity index (χ2v) is 4.55. The maximum Gasteiger partial charge on any atom is 0.308 e. The Morgan fingerprint density at radius 1 is 1.50 bits per heavy atom. The van der Waals surface area contributed by atoms with Crippen LogP contribution in [0.25, 0.3) is 0 Å². The van der Waals surface area contributed by atoms with Gasteiger partial charge in [-0.1, -0.05) is 6.42 Å². The van der Waals surface area contributed by atoms with Gasteiger partial charge >= 0.3 is 5.97 Å². The van der Waals surface area contributed by atoms with Crippen molar-refractivity contribution in [3.63, 3.8) is 0 Å². The van der Waals surface area contributed by atoms with Crippen LogP contribution in [0.1, 0.15) is 32.6 Å². The van der Waals surface area contributed by atoms with Crippen molar-refractivity contribution >= 4 is 11.8 Å². The molecule has 18 heavy (non-hydrogen) atoms. The van der Waals surface area contributed by atoms with Crippen LogP contribution in [0, 0.1) is 5.92 Å². The maximum atomic E-state index is 11.7. The average Bonchev–Trinajstić information content (AvgIpc) is 2.40. The quantitative estimate of drug-likeness (QED) is 0.827. The van der Waals surface area contributed by atoms with E-state index in [0.29, 0.717) is 6.61 Å². The molecule has 1 aromatic heterocycles. The number of aromatic nitrogens is 2. The fourth-order valence-corrected chi connectivity index (χ4v) is 2.38. The van der Waals surface area contributed by atoms with Crippen LogP contribution in [0.4, 0.5) is 5.82 Å². The molecule has 0 aliphatic heterocycles. The molecule has 2 atom stereocenters. The summed E-state index contributed by atoms with van der Waals surface area (Å²) in [6.45, 7) is 2.30. The van der Waals surface area contributed by atoms with E-state index in [1.165, 1.54) is 0 Å². The molecule has 5 nitrogen and oxygen atoms in total. The van der Waals surface area contributed by atoms with Crippen molar-refractivity contribution in [3.05, 3.63) is 18.6 Å². The van der Waals surface area contributed by atoms with Crippen molar-refractivity contribution in [2.75, 3.05) is 11.9 Å². The molecule has 0 bridgehead atoms. The van der Waals surface area contributed by atoms with Gasteiger partial charge in [-0.25, -0.2) is 4.98 Å². The number of nitrogens with zero attached hydrogens (tertiary/aromatic N) is 2. The number of ether oxygens (including phenoxy) is 1. The summed E-state index contributed by atoms with van der Waals surface area (Å²) in [5.41, 5.74) is 0. The molecule has 1 N–H and O–H groups in total. The van der Waals surface area contributed by atoms with Crippen LogP contribution >= 0.6 is 0 Å². The molecule has 2 rings (SSSR count). The second-order valence-electron chi connectivity index (χ2n) is 4.55. The normalized spacial score (nSPS) is 23.4. The van der Waals surface area contributed by atoms with Gasteiger partial charge in [-0.2, -0.15) is 0 Å². The van der Waals surface area contributed by atoms with Gasteiger partial charge in [0.1, 0.15) is 5.82 Å². The monoisotopic (exact) mass is 249 g/mol. The van der Waals surface area contributed by atoms with Crippen LogP contribution in [-0.2, 0) is 9.53 Å². The number of anilines is 1. The van der Waals surface area contributed by atoms with Crippen LogP contribution in [0.5, 0.6) is 0 Å². The van der Waals surface area contributed by atoms with E-state index < -0.39 is 0 Å². The van der Waals surface area contributed by atoms with E-state index in [1.807, 2.05) is 6.92 Å². The second kappa shape index (κ2) is 6.33. The highest BCUT2D eigenvalue weighted by Crippen LogP contribution is 2.27. The van der Waals surface area contributed by atoms with Gasteiger partial charge in [0.05, 0.1) is 18.7 Å². The average molecular weight is 249 g/mol. The Hall–Kier alpha value is -1.65. The van der Waals surface area contributed by atoms with Gasteiger partial charge in [0.2, 0.25) is 0 Å². The minimum absolute atomic E-state index is 0.0212. The zero-order chi connectivity index (χ0) is 12.8. The van der Waals surface area contributed by atoms with Crippen LogP contribution < -0.4 is 5.32 Å². The molecule has 0 spiro atoms. The smallest absolute Gasteiger partial charge is 0.308 e. The zero-order valence-electron chi connectivity index (χ0n) is 10.6. The molecule has 1 saturated carbocycles. The van der Waals surface area contributed by atoms with Crippen molar-refractivity contribution in [3.8, 4) is 0 Å². The van der Waals surface area contributed by atoms with Gasteiger partial charge in [0, 0.05) is 18.4 Å². The van der Waals surface area contributed by atoms with Crippen molar-refractivity contribution in [2.24, 2.45) is 5.92 Å². The van der Waals surface area contributed by atoms with Gasteiger partial charge in [-0.05, 0) is 26.2 Å². The standard InChI is InChI=1S/C13H19N3O2/c1-2-18-13(17)10-4-3-5-11(8-10)16-12-9-14-6-7-15-12/h6-7,9-11H,2-5,8H2,1H3,(H,15,16). The highest BCUT2D eigenvalue weighted by atomic mass is 16.5. The number of hydrogen-bond acceptors (Lipinski definition) is 5. The third kappa shape index (κ3) is 3.42. The van der Waals surface area contributed by atoms with Crippen LogP contribution in [-0.4, -0.2) is 28.6 Å². The Morgan fingerprint density at radius 3 is 3.11 bits per heavy atom. The summed E-state index contributed by atoms with van der Waals surface area (Å²) in [6.07, 6.45) is 8.86. The van der Waals surface area contributed by atoms with Crippen molar-refractivity contribution in [1.82, 2.24) is 9.97 Å². The van der Waals surface area contributed by atoms with Crippen molar-refractivity contribution in [1.29, 1.82) is 0 Å². The van der Waals surface area contributed by atoms with Gasteiger partial charge < -0.3 is 10.1 Å². The van der Waals surface area contributed by atoms with E-state index in [-0.39, 0.29) is 17.9 Å². The molecule has 1 aliphatic carbocycles. The predicted molar refractivity (Wildman–Crippen MR) is 68.0 cm³/mol. The largest absolute Gasteiger partial charge is 0.466 e. The summed E-state index contributed by atoms with van der Waals surface area (Å²) in [6, 6.07) is 0.282. The van der Waals surface area contributed by atoms with Gasteiger partial charge in [0.25, 0.3) is 0 Å². The van der Waals surface area contributed by atoms with Gasteiger partial charge in [-0.3, -0.25) is 9.78 Å². The van der Waals surface area contributed by atoms with E-state index >= 15 is 0 Å². The number of esters is 1. The van der Waals surface area contributed by atoms with E-state index in [0.717, 1.165) is 31.5 Å². The van der Waals surface area contributed by atoms with Crippen molar-refractivity contribution < 1.29 is 9.53 Å². The molecule has 1 fully saturated rings. The minimum Gasteiger partial charge on any atom is -0.466 e. The summed E-state index contributed by atoms with van der Waals surface area (Å²) in [4.78, 5) is 19.9. The Kier molecular flexibility index (Phi) is 4.50. The number of nitrogens with one attached hydrogen (secondary N) is 1. The highest BCUT2D eigenvalue weighted by Gasteiger charge is 2.28. The fraction of sp³-hybridized carbons (Fsp3) is 0.615. The molecule has 0 saturated heterocycles. The Morgan fingerprint density at radius 2 is 2.39 bits per heavy atom. The number of rotatable bonds is 4. The van der Waals surface area contributed by atoms with E-state index in [1.54, 1.807) is 18.6 Å². The molecule has 1 heterocycles. The molecule has 98 valence electrons. The minimum atomic E-state index is -0.0665. The predicted octanol–water partition coefficient (Wildman–Crippen LogP) is 2.01.